The molecule has 0 unspecified atom stereocenters. The first-order chi connectivity index (χ1) is 8.09. The Bertz CT molecular complexity index is 609. The van der Waals surface area contributed by atoms with Crippen molar-refractivity contribution in [3.63, 3.8) is 0 Å². The molecule has 0 fully saturated rings. The number of hydrogen-bond donors (Lipinski definition) is 1. The molecule has 0 aliphatic carbocycles. The van der Waals surface area contributed by atoms with E-state index in [1.807, 2.05) is 0 Å². The summed E-state index contributed by atoms with van der Waals surface area (Å²) in [5.41, 5.74) is 1.09. The van der Waals surface area contributed by atoms with Crippen molar-refractivity contribution in [1.82, 2.24) is 4.57 Å². The number of pyridine rings is 1. The Morgan fingerprint density at radius 1 is 1.41 bits per heavy atom. The number of carbonyl (C=O) groups is 1. The monoisotopic (exact) mass is 233 g/mol. The van der Waals surface area contributed by atoms with Gasteiger partial charge in [0.05, 0.1) is 12.8 Å². The van der Waals surface area contributed by atoms with Gasteiger partial charge < -0.3 is 14.1 Å². The standard InChI is InChI=1S/C12H11NO4/c1-8-3-2-4-10(14)13(8)7-9-5-6-17-11(9)12(15)16/h2-6H,7H2,1H3,(H,15,16). The lowest BCUT2D eigenvalue weighted by Crippen LogP contribution is -2.22. The maximum absolute atomic E-state index is 11.6. The summed E-state index contributed by atoms with van der Waals surface area (Å²) >= 11 is 0. The van der Waals surface area contributed by atoms with Crippen LogP contribution < -0.4 is 5.56 Å². The first-order valence-corrected chi connectivity index (χ1v) is 5.05. The summed E-state index contributed by atoms with van der Waals surface area (Å²) in [5, 5.41) is 8.89. The molecular weight excluding hydrogens is 222 g/mol. The number of nitrogens with zero attached hydrogens (tertiary/aromatic N) is 1. The Morgan fingerprint density at radius 3 is 2.82 bits per heavy atom. The number of carboxylic acids is 1. The van der Waals surface area contributed by atoms with E-state index in [0.29, 0.717) is 5.56 Å². The predicted octanol–water partition coefficient (Wildman–Crippen LogP) is 1.50. The van der Waals surface area contributed by atoms with Crippen LogP contribution in [0.15, 0.2) is 39.7 Å². The Kier molecular flexibility index (Phi) is 2.82. The Labute approximate surface area is 96.9 Å². The van der Waals surface area contributed by atoms with Crippen molar-refractivity contribution in [3.05, 3.63) is 57.9 Å². The van der Waals surface area contributed by atoms with Gasteiger partial charge in [0.2, 0.25) is 5.76 Å². The largest absolute Gasteiger partial charge is 0.475 e. The molecule has 0 saturated heterocycles. The fourth-order valence-electron chi connectivity index (χ4n) is 1.64. The number of carboxylic acid groups (broad SMARTS) is 1. The Morgan fingerprint density at radius 2 is 2.18 bits per heavy atom. The molecule has 0 saturated carbocycles. The predicted molar refractivity (Wildman–Crippen MR) is 60.2 cm³/mol. The van der Waals surface area contributed by atoms with Crippen LogP contribution in [0.1, 0.15) is 21.8 Å². The number of aryl methyl sites for hydroxylation is 1. The maximum atomic E-state index is 11.6. The zero-order valence-electron chi connectivity index (χ0n) is 9.21. The van der Waals surface area contributed by atoms with Crippen molar-refractivity contribution in [2.75, 3.05) is 0 Å². The normalized spacial score (nSPS) is 10.4. The molecule has 1 N–H and O–H groups in total. The first kappa shape index (κ1) is 11.2. The van der Waals surface area contributed by atoms with Gasteiger partial charge in [0.1, 0.15) is 0 Å². The fourth-order valence-corrected chi connectivity index (χ4v) is 1.64. The Balaban J connectivity index is 2.42. The van der Waals surface area contributed by atoms with Gasteiger partial charge in [-0.1, -0.05) is 6.07 Å². The molecule has 5 heteroatoms. The van der Waals surface area contributed by atoms with Gasteiger partial charge in [0.25, 0.3) is 5.56 Å². The molecule has 2 aromatic rings. The minimum Gasteiger partial charge on any atom is -0.475 e. The van der Waals surface area contributed by atoms with Crippen LogP contribution in [-0.2, 0) is 6.54 Å². The van der Waals surface area contributed by atoms with Crippen LogP contribution in [0, 0.1) is 6.92 Å². The van der Waals surface area contributed by atoms with Crippen molar-refractivity contribution in [3.8, 4) is 0 Å². The van der Waals surface area contributed by atoms with Gasteiger partial charge in [-0.25, -0.2) is 4.79 Å². The number of aromatic carboxylic acids is 1. The van der Waals surface area contributed by atoms with Gasteiger partial charge in [0.15, 0.2) is 0 Å². The molecule has 0 bridgehead atoms. The van der Waals surface area contributed by atoms with Crippen LogP contribution >= 0.6 is 0 Å². The zero-order chi connectivity index (χ0) is 12.4. The van der Waals surface area contributed by atoms with E-state index in [2.05, 4.69) is 0 Å². The molecule has 88 valence electrons. The fraction of sp³-hybridized carbons (Fsp3) is 0.167. The number of hydrogen-bond acceptors (Lipinski definition) is 3. The number of aromatic nitrogens is 1. The lowest BCUT2D eigenvalue weighted by Gasteiger charge is -2.08. The Hall–Kier alpha value is -2.30. The SMILES string of the molecule is Cc1cccc(=O)n1Cc1ccoc1C(=O)O. The van der Waals surface area contributed by atoms with Crippen molar-refractivity contribution < 1.29 is 14.3 Å². The number of rotatable bonds is 3. The van der Waals surface area contributed by atoms with Crippen LogP contribution in [0.5, 0.6) is 0 Å². The topological polar surface area (TPSA) is 72.4 Å². The van der Waals surface area contributed by atoms with Gasteiger partial charge >= 0.3 is 5.97 Å². The molecule has 2 rings (SSSR count). The highest BCUT2D eigenvalue weighted by Gasteiger charge is 2.14. The van der Waals surface area contributed by atoms with Crippen molar-refractivity contribution in [2.24, 2.45) is 0 Å². The average molecular weight is 233 g/mol. The first-order valence-electron chi connectivity index (χ1n) is 5.05. The third-order valence-electron chi connectivity index (χ3n) is 2.54. The van der Waals surface area contributed by atoms with Gasteiger partial charge in [-0.15, -0.1) is 0 Å². The van der Waals surface area contributed by atoms with E-state index in [1.165, 1.54) is 16.9 Å². The molecule has 0 aromatic carbocycles. The summed E-state index contributed by atoms with van der Waals surface area (Å²) in [7, 11) is 0. The quantitative estimate of drug-likeness (QED) is 0.871. The molecule has 0 atom stereocenters. The highest BCUT2D eigenvalue weighted by molar-refractivity contribution is 5.86. The van der Waals surface area contributed by atoms with E-state index in [0.717, 1.165) is 5.69 Å². The maximum Gasteiger partial charge on any atom is 0.372 e. The minimum atomic E-state index is -1.13. The molecule has 0 radical (unpaired) electrons. The molecule has 5 nitrogen and oxygen atoms in total. The second-order valence-electron chi connectivity index (χ2n) is 3.67. The minimum absolute atomic E-state index is 0.125. The van der Waals surface area contributed by atoms with E-state index in [4.69, 9.17) is 9.52 Å². The summed E-state index contributed by atoms with van der Waals surface area (Å²) in [6, 6.07) is 6.46. The van der Waals surface area contributed by atoms with E-state index in [1.54, 1.807) is 25.1 Å². The van der Waals surface area contributed by atoms with Crippen molar-refractivity contribution in [2.45, 2.75) is 13.5 Å². The van der Waals surface area contributed by atoms with Crippen LogP contribution in [0.25, 0.3) is 0 Å². The molecule has 0 aliphatic rings. The van der Waals surface area contributed by atoms with E-state index in [-0.39, 0.29) is 17.9 Å². The second-order valence-corrected chi connectivity index (χ2v) is 3.67. The van der Waals surface area contributed by atoms with Gasteiger partial charge in [-0.2, -0.15) is 0 Å². The summed E-state index contributed by atoms with van der Waals surface area (Å²) in [6.07, 6.45) is 1.31. The van der Waals surface area contributed by atoms with Crippen LogP contribution in [0.2, 0.25) is 0 Å². The van der Waals surface area contributed by atoms with E-state index < -0.39 is 5.97 Å². The zero-order valence-corrected chi connectivity index (χ0v) is 9.21. The van der Waals surface area contributed by atoms with Crippen LogP contribution in [0.3, 0.4) is 0 Å². The molecule has 0 amide bonds. The highest BCUT2D eigenvalue weighted by atomic mass is 16.4. The molecule has 0 spiro atoms. The van der Waals surface area contributed by atoms with Crippen LogP contribution in [0.4, 0.5) is 0 Å². The van der Waals surface area contributed by atoms with E-state index in [9.17, 15) is 9.59 Å². The third kappa shape index (κ3) is 2.13. The molecule has 2 aromatic heterocycles. The van der Waals surface area contributed by atoms with Crippen LogP contribution in [-0.4, -0.2) is 15.6 Å². The highest BCUT2D eigenvalue weighted by Crippen LogP contribution is 2.12. The van der Waals surface area contributed by atoms with Gasteiger partial charge in [-0.05, 0) is 19.1 Å². The lowest BCUT2D eigenvalue weighted by molar-refractivity contribution is 0.0660. The van der Waals surface area contributed by atoms with E-state index >= 15 is 0 Å². The summed E-state index contributed by atoms with van der Waals surface area (Å²) in [5.74, 6) is -1.26. The van der Waals surface area contributed by atoms with Crippen molar-refractivity contribution in [1.29, 1.82) is 0 Å². The lowest BCUT2D eigenvalue weighted by atomic mass is 10.2. The summed E-state index contributed by atoms with van der Waals surface area (Å²) in [6.45, 7) is 1.99. The molecule has 17 heavy (non-hydrogen) atoms. The number of furan rings is 1. The molecule has 2 heterocycles. The summed E-state index contributed by atoms with van der Waals surface area (Å²) < 4.78 is 6.36. The second kappa shape index (κ2) is 4.29. The van der Waals surface area contributed by atoms with Gasteiger partial charge in [0, 0.05) is 17.3 Å². The van der Waals surface area contributed by atoms with Crippen molar-refractivity contribution >= 4 is 5.97 Å². The average Bonchev–Trinajstić information content (AvgIpc) is 2.72. The molecular formula is C12H11NO4. The summed E-state index contributed by atoms with van der Waals surface area (Å²) in [4.78, 5) is 22.5. The smallest absolute Gasteiger partial charge is 0.372 e. The third-order valence-corrected chi connectivity index (χ3v) is 2.54. The molecule has 0 aliphatic heterocycles. The van der Waals surface area contributed by atoms with Gasteiger partial charge in [-0.3, -0.25) is 4.79 Å².